The van der Waals surface area contributed by atoms with E-state index >= 15 is 0 Å². The minimum atomic E-state index is -0.0220. The minimum absolute atomic E-state index is 0.0220. The van der Waals surface area contributed by atoms with E-state index in [1.807, 2.05) is 287 Å². The van der Waals surface area contributed by atoms with Crippen LogP contribution in [-0.2, 0) is 0 Å². The maximum absolute atomic E-state index is 10.7. The van der Waals surface area contributed by atoms with Crippen LogP contribution < -0.4 is 5.56 Å². The lowest BCUT2D eigenvalue weighted by atomic mass is 10.0. The summed E-state index contributed by atoms with van der Waals surface area (Å²) >= 11 is 0. The molecule has 0 aliphatic rings. The van der Waals surface area contributed by atoms with Crippen molar-refractivity contribution in [2.45, 2.75) is 332 Å². The molecule has 9 nitrogen and oxygen atoms in total. The largest absolute Gasteiger partial charge is 0.326 e. The van der Waals surface area contributed by atoms with Gasteiger partial charge in [-0.15, -0.1) is 0 Å². The van der Waals surface area contributed by atoms with E-state index in [0.717, 1.165) is 22.9 Å². The Kier molecular flexibility index (Phi) is 146. The average Bonchev–Trinajstić information content (AvgIpc) is 3.74. The zero-order valence-electron chi connectivity index (χ0n) is 69.1. The van der Waals surface area contributed by atoms with Crippen LogP contribution >= 0.6 is 0 Å². The smallest absolute Gasteiger partial charge is 0.248 e. The number of hydrogen-bond donors (Lipinski definition) is 1. The van der Waals surface area contributed by atoms with E-state index in [2.05, 4.69) is 153 Å². The summed E-state index contributed by atoms with van der Waals surface area (Å²) in [6, 6.07) is 31.7. The van der Waals surface area contributed by atoms with Gasteiger partial charge in [0.25, 0.3) is 0 Å². The van der Waals surface area contributed by atoms with Gasteiger partial charge in [-0.3, -0.25) is 29.7 Å². The number of rotatable bonds is 7. The van der Waals surface area contributed by atoms with Crippen LogP contribution in [0.1, 0.15) is 372 Å². The number of benzene rings is 1. The molecule has 0 amide bonds. The van der Waals surface area contributed by atoms with Gasteiger partial charge in [0.05, 0.1) is 5.69 Å². The minimum Gasteiger partial charge on any atom is -0.326 e. The Labute approximate surface area is 578 Å². The lowest BCUT2D eigenvalue weighted by Gasteiger charge is -2.01. The normalized spacial score (nSPS) is 7.97. The van der Waals surface area contributed by atoms with Gasteiger partial charge in [-0.1, -0.05) is 339 Å². The summed E-state index contributed by atoms with van der Waals surface area (Å²) in [5.74, 6) is 4.65. The lowest BCUT2D eigenvalue weighted by molar-refractivity contribution is 0.774. The number of nitrogens with one attached hydrogen (secondary N) is 1. The number of H-pyrrole nitrogens is 1. The highest BCUT2D eigenvalue weighted by Crippen LogP contribution is 2.13. The molecule has 0 spiro atoms. The quantitative estimate of drug-likeness (QED) is 0.167. The summed E-state index contributed by atoms with van der Waals surface area (Å²) in [6.45, 7) is 85.8. The number of aromatic amines is 1. The summed E-state index contributed by atoms with van der Waals surface area (Å²) < 4.78 is 0. The van der Waals surface area contributed by atoms with E-state index in [9.17, 15) is 4.79 Å². The fraction of sp³-hybridized carbons (Fsp3) is 0.590. The molecule has 6 heterocycles. The molecule has 0 aliphatic heterocycles. The standard InChI is InChI=1S/C9H12.C8H11NO.3C8H11N.2C7H10N2.14C2H6/c1-8(2)9-6-4-3-5-7-9;1-6(2)7-4-3-5-8(10)9-7;1-7(2)8-3-5-9-6-4-8;1-7(2)8-4-3-5-9-6-8;1-7(2)8-5-3-4-6-9-8;1-6(2)7-5-8-3-4-9-7;1-6(2)7-8-4-3-5-9-7;14*1-2/h3-8H,1-2H3;3-6H,1-2H3,(H,9,10);3*3-7H,1-2H3;2*3-6H,1-2H3;14*1-2H3. The first kappa shape index (κ1) is 120. The molecule has 1 aromatic carbocycles. The van der Waals surface area contributed by atoms with Crippen LogP contribution in [0.5, 0.6) is 0 Å². The second-order valence-electron chi connectivity index (χ2n) is 17.0. The van der Waals surface area contributed by atoms with Crippen LogP contribution in [0, 0.1) is 0 Å². The fourth-order valence-electron chi connectivity index (χ4n) is 5.04. The average molecular weight is 1290 g/mol. The maximum atomic E-state index is 10.7. The first-order valence-corrected chi connectivity index (χ1v) is 36.5. The van der Waals surface area contributed by atoms with E-state index in [0.29, 0.717) is 41.4 Å². The predicted octanol–water partition coefficient (Wildman–Crippen LogP) is 28.5. The van der Waals surface area contributed by atoms with Crippen LogP contribution in [0.4, 0.5) is 0 Å². The second-order valence-corrected chi connectivity index (χ2v) is 17.0. The molecular formula is C83H160N8O. The second kappa shape index (κ2) is 112. The van der Waals surface area contributed by atoms with Crippen molar-refractivity contribution in [3.63, 3.8) is 0 Å². The molecule has 538 valence electrons. The Hall–Kier alpha value is -6.22. The summed E-state index contributed by atoms with van der Waals surface area (Å²) in [7, 11) is 0. The Balaban J connectivity index is -0.0000000603. The van der Waals surface area contributed by atoms with Crippen molar-refractivity contribution in [3.8, 4) is 0 Å². The van der Waals surface area contributed by atoms with Gasteiger partial charge < -0.3 is 4.98 Å². The first-order chi connectivity index (χ1) is 44.5. The molecule has 1 N–H and O–H groups in total. The Morgan fingerprint density at radius 2 is 0.620 bits per heavy atom. The van der Waals surface area contributed by atoms with Crippen LogP contribution in [0.15, 0.2) is 164 Å². The van der Waals surface area contributed by atoms with Crippen LogP contribution in [0.25, 0.3) is 0 Å². The van der Waals surface area contributed by atoms with Gasteiger partial charge in [0.2, 0.25) is 5.56 Å². The van der Waals surface area contributed by atoms with Gasteiger partial charge in [-0.05, 0) is 94.7 Å². The van der Waals surface area contributed by atoms with Gasteiger partial charge in [0, 0.05) is 85.3 Å². The van der Waals surface area contributed by atoms with Crippen molar-refractivity contribution in [1.29, 1.82) is 0 Å². The molecule has 0 saturated carbocycles. The van der Waals surface area contributed by atoms with E-state index in [1.165, 1.54) is 22.8 Å². The third-order valence-electron chi connectivity index (χ3n) is 9.16. The molecule has 0 fully saturated rings. The van der Waals surface area contributed by atoms with Gasteiger partial charge in [0.1, 0.15) is 5.82 Å². The van der Waals surface area contributed by atoms with E-state index in [-0.39, 0.29) is 5.56 Å². The summed E-state index contributed by atoms with van der Waals surface area (Å²) in [5, 5.41) is 0. The van der Waals surface area contributed by atoms with E-state index in [4.69, 9.17) is 0 Å². The van der Waals surface area contributed by atoms with Crippen molar-refractivity contribution in [2.75, 3.05) is 0 Å². The lowest BCUT2D eigenvalue weighted by Crippen LogP contribution is -2.06. The molecule has 9 heteroatoms. The molecule has 7 aromatic rings. The fourth-order valence-corrected chi connectivity index (χ4v) is 5.04. The van der Waals surface area contributed by atoms with Crippen molar-refractivity contribution < 1.29 is 0 Å². The predicted molar refractivity (Wildman–Crippen MR) is 428 cm³/mol. The van der Waals surface area contributed by atoms with Crippen molar-refractivity contribution in [1.82, 2.24) is 39.9 Å². The molecule has 0 bridgehead atoms. The van der Waals surface area contributed by atoms with Gasteiger partial charge in [-0.25, -0.2) is 9.97 Å². The molecule has 0 unspecified atom stereocenters. The third-order valence-corrected chi connectivity index (χ3v) is 9.16. The molecule has 0 radical (unpaired) electrons. The van der Waals surface area contributed by atoms with Gasteiger partial charge >= 0.3 is 0 Å². The number of pyridine rings is 4. The zero-order valence-corrected chi connectivity index (χ0v) is 69.1. The van der Waals surface area contributed by atoms with Crippen molar-refractivity contribution in [2.24, 2.45) is 0 Å². The summed E-state index contributed by atoms with van der Waals surface area (Å²) in [6.07, 6.45) is 17.9. The number of hydrogen-bond acceptors (Lipinski definition) is 8. The third kappa shape index (κ3) is 90.2. The zero-order chi connectivity index (χ0) is 75.7. The molecule has 0 aliphatic carbocycles. The van der Waals surface area contributed by atoms with Gasteiger partial charge in [-0.2, -0.15) is 0 Å². The van der Waals surface area contributed by atoms with E-state index < -0.39 is 0 Å². The summed E-state index contributed by atoms with van der Waals surface area (Å²) in [5.41, 5.74) is 7.26. The molecule has 7 rings (SSSR count). The maximum Gasteiger partial charge on any atom is 0.248 e. The van der Waals surface area contributed by atoms with E-state index in [1.54, 1.807) is 43.2 Å². The SMILES string of the molecule is CC.CC.CC.CC.CC.CC.CC.CC.CC.CC.CC.CC.CC.CC.CC(C)c1cccc(=O)[nH]1.CC(C)c1ccccc1.CC(C)c1ccccn1.CC(C)c1cccnc1.CC(C)c1ccncc1.CC(C)c1cnccn1.CC(C)c1ncccn1. The summed E-state index contributed by atoms with van der Waals surface area (Å²) in [4.78, 5) is 41.8. The number of nitrogens with zero attached hydrogens (tertiary/aromatic N) is 7. The molecule has 0 saturated heterocycles. The molecule has 92 heavy (non-hydrogen) atoms. The first-order valence-electron chi connectivity index (χ1n) is 36.5. The van der Waals surface area contributed by atoms with Crippen molar-refractivity contribution >= 4 is 0 Å². The Bertz CT molecular complexity index is 1830. The molecular weight excluding hydrogens is 1120 g/mol. The monoisotopic (exact) mass is 1290 g/mol. The number of aromatic nitrogens is 8. The van der Waals surface area contributed by atoms with Crippen LogP contribution in [-0.4, -0.2) is 39.9 Å². The molecule has 0 atom stereocenters. The van der Waals surface area contributed by atoms with Gasteiger partial charge in [0.15, 0.2) is 0 Å². The Morgan fingerprint density at radius 1 is 0.250 bits per heavy atom. The highest BCUT2D eigenvalue weighted by atomic mass is 16.1. The molecule has 6 aromatic heterocycles. The highest BCUT2D eigenvalue weighted by molar-refractivity contribution is 5.18. The van der Waals surface area contributed by atoms with Crippen LogP contribution in [0.2, 0.25) is 0 Å². The Morgan fingerprint density at radius 3 is 0.859 bits per heavy atom. The van der Waals surface area contributed by atoms with Crippen LogP contribution in [0.3, 0.4) is 0 Å². The topological polar surface area (TPSA) is 123 Å². The van der Waals surface area contributed by atoms with Crippen molar-refractivity contribution in [3.05, 3.63) is 209 Å². The highest BCUT2D eigenvalue weighted by Gasteiger charge is 2.00.